The molecule has 5 aromatic rings. The molecule has 0 aliphatic heterocycles. The first kappa shape index (κ1) is 31.9. The van der Waals surface area contributed by atoms with Gasteiger partial charge in [-0.05, 0) is 64.3 Å². The highest BCUT2D eigenvalue weighted by Crippen LogP contribution is 2.55. The molecule has 0 spiro atoms. The van der Waals surface area contributed by atoms with Gasteiger partial charge in [-0.1, -0.05) is 155 Å². The molecule has 44 heavy (non-hydrogen) atoms. The second-order valence-corrected chi connectivity index (χ2v) is 20.3. The van der Waals surface area contributed by atoms with Crippen LogP contribution in [0.4, 0.5) is 0 Å². The van der Waals surface area contributed by atoms with Crippen molar-refractivity contribution in [3.05, 3.63) is 164 Å². The summed E-state index contributed by atoms with van der Waals surface area (Å²) in [6.45, 7) is 9.36. The molecular weight excluding hydrogens is 568 g/mol. The van der Waals surface area contributed by atoms with Crippen molar-refractivity contribution in [2.24, 2.45) is 0 Å². The normalized spacial score (nSPS) is 13.2. The summed E-state index contributed by atoms with van der Waals surface area (Å²) in [6, 6.07) is 55.5. The van der Waals surface area contributed by atoms with E-state index in [1.165, 1.54) is 26.3 Å². The monoisotopic (exact) mass is 613 g/mol. The summed E-state index contributed by atoms with van der Waals surface area (Å²) in [5.41, 5.74) is 0. The molecule has 0 fully saturated rings. The Hall–Kier alpha value is -3.55. The van der Waals surface area contributed by atoms with E-state index >= 15 is 0 Å². The minimum absolute atomic E-state index is 0.00974. The van der Waals surface area contributed by atoms with Crippen molar-refractivity contribution in [1.29, 1.82) is 0 Å². The Labute approximate surface area is 267 Å². The number of hydrogen-bond acceptors (Lipinski definition) is 1. The summed E-state index contributed by atoms with van der Waals surface area (Å²) in [5.74, 6) is 0. The van der Waals surface area contributed by atoms with Gasteiger partial charge in [0.25, 0.3) is 8.32 Å². The van der Waals surface area contributed by atoms with Gasteiger partial charge in [0.2, 0.25) is 0 Å². The van der Waals surface area contributed by atoms with Crippen LogP contribution < -0.4 is 26.3 Å². The van der Waals surface area contributed by atoms with Crippen molar-refractivity contribution in [2.45, 2.75) is 51.7 Å². The third-order valence-corrected chi connectivity index (χ3v) is 18.0. The molecule has 0 N–H and O–H groups in total. The molecule has 1 atom stereocenters. The van der Waals surface area contributed by atoms with Gasteiger partial charge in [-0.3, -0.25) is 0 Å². The summed E-state index contributed by atoms with van der Waals surface area (Å²) in [6.07, 6.45) is 7.83. The average molecular weight is 614 g/mol. The van der Waals surface area contributed by atoms with Crippen LogP contribution in [-0.2, 0) is 4.43 Å². The molecule has 1 nitrogen and oxygen atoms in total. The van der Waals surface area contributed by atoms with Gasteiger partial charge in [0.15, 0.2) is 0 Å². The Morgan fingerprint density at radius 1 is 0.591 bits per heavy atom. The van der Waals surface area contributed by atoms with Crippen molar-refractivity contribution in [2.75, 3.05) is 6.16 Å². The third kappa shape index (κ3) is 6.59. The van der Waals surface area contributed by atoms with Crippen molar-refractivity contribution in [3.8, 4) is 0 Å². The molecule has 224 valence electrons. The van der Waals surface area contributed by atoms with Gasteiger partial charge in [-0.25, -0.2) is 0 Å². The molecule has 3 heteroatoms. The van der Waals surface area contributed by atoms with E-state index in [4.69, 9.17) is 4.43 Å². The van der Waals surface area contributed by atoms with Crippen LogP contribution in [0.3, 0.4) is 0 Å². The Balaban J connectivity index is 1.61. The molecule has 0 saturated heterocycles. The van der Waals surface area contributed by atoms with Gasteiger partial charge < -0.3 is 4.43 Å². The fraction of sp³-hybridized carbons (Fsp3) is 0.220. The maximum atomic E-state index is 7.61. The quantitative estimate of drug-likeness (QED) is 0.0782. The number of hydrogen-bond donors (Lipinski definition) is 0. The summed E-state index contributed by atoms with van der Waals surface area (Å²) in [7, 11) is -4.64. The largest absolute Gasteiger partial charge is 0.401 e. The maximum Gasteiger partial charge on any atom is 0.261 e. The smallest absolute Gasteiger partial charge is 0.261 e. The molecule has 5 rings (SSSR count). The molecule has 0 unspecified atom stereocenters. The van der Waals surface area contributed by atoms with Gasteiger partial charge in [0.05, 0.1) is 12.3 Å². The molecule has 0 aliphatic carbocycles. The van der Waals surface area contributed by atoms with Crippen molar-refractivity contribution in [1.82, 2.24) is 0 Å². The van der Waals surface area contributed by atoms with Crippen molar-refractivity contribution >= 4 is 41.9 Å². The predicted molar refractivity (Wildman–Crippen MR) is 197 cm³/mol. The van der Waals surface area contributed by atoms with Gasteiger partial charge >= 0.3 is 0 Å². The molecule has 0 bridgehead atoms. The van der Waals surface area contributed by atoms with Crippen molar-refractivity contribution in [3.63, 3.8) is 0 Å². The molecular formula is C41H46OPSi+. The number of rotatable bonds is 12. The van der Waals surface area contributed by atoms with Crippen molar-refractivity contribution < 1.29 is 4.43 Å². The molecule has 0 aliphatic rings. The van der Waals surface area contributed by atoms with Crippen LogP contribution in [0, 0.1) is 0 Å². The van der Waals surface area contributed by atoms with Crippen LogP contribution in [0.1, 0.15) is 40.5 Å². The first-order valence-corrected chi connectivity index (χ1v) is 19.8. The van der Waals surface area contributed by atoms with Crippen LogP contribution in [0.5, 0.6) is 0 Å². The zero-order valence-electron chi connectivity index (χ0n) is 26.6. The summed E-state index contributed by atoms with van der Waals surface area (Å²) in [4.78, 5) is 0. The fourth-order valence-electron chi connectivity index (χ4n) is 6.58. The van der Waals surface area contributed by atoms with Crippen LogP contribution >= 0.6 is 7.26 Å². The van der Waals surface area contributed by atoms with E-state index in [0.29, 0.717) is 0 Å². The minimum atomic E-state index is -2.68. The number of allylic oxidation sites excluding steroid dienone is 1. The van der Waals surface area contributed by atoms with Gasteiger partial charge in [0, 0.05) is 0 Å². The van der Waals surface area contributed by atoms with E-state index < -0.39 is 15.6 Å². The highest BCUT2D eigenvalue weighted by Gasteiger charge is 2.51. The van der Waals surface area contributed by atoms with Crippen LogP contribution in [0.2, 0.25) is 5.04 Å². The first-order chi connectivity index (χ1) is 21.4. The van der Waals surface area contributed by atoms with Crippen LogP contribution in [-0.4, -0.2) is 20.6 Å². The molecule has 0 aromatic heterocycles. The third-order valence-electron chi connectivity index (χ3n) is 8.64. The van der Waals surface area contributed by atoms with E-state index in [9.17, 15) is 0 Å². The zero-order valence-corrected chi connectivity index (χ0v) is 28.5. The van der Waals surface area contributed by atoms with E-state index in [1.54, 1.807) is 0 Å². The fourth-order valence-corrected chi connectivity index (χ4v) is 15.3. The minimum Gasteiger partial charge on any atom is -0.401 e. The lowest BCUT2D eigenvalue weighted by atomic mass is 10.2. The Morgan fingerprint density at radius 2 is 0.955 bits per heavy atom. The summed E-state index contributed by atoms with van der Waals surface area (Å²) >= 11 is 0. The first-order valence-electron chi connectivity index (χ1n) is 15.9. The number of benzene rings is 5. The van der Waals surface area contributed by atoms with E-state index in [-0.39, 0.29) is 11.1 Å². The van der Waals surface area contributed by atoms with E-state index in [2.05, 4.69) is 192 Å². The van der Waals surface area contributed by atoms with E-state index in [0.717, 1.165) is 19.0 Å². The molecule has 0 heterocycles. The summed E-state index contributed by atoms with van der Waals surface area (Å²) in [5, 5.41) is 6.80. The van der Waals surface area contributed by atoms with Crippen LogP contribution in [0.15, 0.2) is 164 Å². The Bertz CT molecular complexity index is 1440. The second kappa shape index (κ2) is 14.5. The SMILES string of the molecule is CCC[C@@H](/C=C/C[P+](c1ccccc1)(c1ccccc1)c1ccccc1)O[Si](c1ccccc1)(c1ccccc1)C(C)(C)C. The second-order valence-electron chi connectivity index (χ2n) is 12.5. The van der Waals surface area contributed by atoms with Gasteiger partial charge in [0.1, 0.15) is 23.2 Å². The maximum absolute atomic E-state index is 7.61. The lowest BCUT2D eigenvalue weighted by Gasteiger charge is -2.44. The van der Waals surface area contributed by atoms with Crippen LogP contribution in [0.25, 0.3) is 0 Å². The van der Waals surface area contributed by atoms with Gasteiger partial charge in [-0.15, -0.1) is 0 Å². The molecule has 0 radical (unpaired) electrons. The highest BCUT2D eigenvalue weighted by atomic mass is 31.2. The van der Waals surface area contributed by atoms with E-state index in [1.807, 2.05) is 0 Å². The Kier molecular flexibility index (Phi) is 10.5. The van der Waals surface area contributed by atoms with Gasteiger partial charge in [-0.2, -0.15) is 0 Å². The molecule has 0 saturated carbocycles. The lowest BCUT2D eigenvalue weighted by Crippen LogP contribution is -2.67. The predicted octanol–water partition coefficient (Wildman–Crippen LogP) is 8.28. The standard InChI is InChI=1S/C41H46OPSi/c1-5-22-35(42-44(41(2,3)4,39-30-17-9-18-31-39)40-32-19-10-20-33-40)23-21-34-43(36-24-11-6-12-25-36,37-26-13-7-14-27-37)38-28-15-8-16-29-38/h6-21,23-33,35H,5,22,34H2,1-4H3/q+1/b23-21+/t35-/m0/s1. The lowest BCUT2D eigenvalue weighted by molar-refractivity contribution is 0.221. The topological polar surface area (TPSA) is 9.23 Å². The highest BCUT2D eigenvalue weighted by molar-refractivity contribution is 7.95. The zero-order chi connectivity index (χ0) is 30.9. The summed E-state index contributed by atoms with van der Waals surface area (Å²) < 4.78 is 7.61. The molecule has 0 amide bonds. The average Bonchev–Trinajstić information content (AvgIpc) is 3.07. The Morgan fingerprint density at radius 3 is 1.30 bits per heavy atom. The molecule has 5 aromatic carbocycles.